The fourth-order valence-corrected chi connectivity index (χ4v) is 2.71. The van der Waals surface area contributed by atoms with Gasteiger partial charge in [0.15, 0.2) is 0 Å². The molecule has 2 aromatic carbocycles. The second kappa shape index (κ2) is 7.34. The first-order valence-corrected chi connectivity index (χ1v) is 7.80. The highest BCUT2D eigenvalue weighted by Crippen LogP contribution is 2.25. The monoisotopic (exact) mass is 373 g/mol. The zero-order valence-electron chi connectivity index (χ0n) is 11.5. The number of nitrogens with one attached hydrogen (secondary N) is 1. The molecule has 0 aliphatic rings. The summed E-state index contributed by atoms with van der Waals surface area (Å²) in [7, 11) is 0. The molecule has 5 heteroatoms. The predicted octanol–water partition coefficient (Wildman–Crippen LogP) is 5.27. The maximum atomic E-state index is 14.0. The van der Waals surface area contributed by atoms with Crippen LogP contribution in [0.1, 0.15) is 24.1 Å². The van der Waals surface area contributed by atoms with Gasteiger partial charge < -0.3 is 5.32 Å². The lowest BCUT2D eigenvalue weighted by Gasteiger charge is -2.19. The van der Waals surface area contributed by atoms with Crippen LogP contribution in [0.3, 0.4) is 0 Å². The van der Waals surface area contributed by atoms with E-state index in [1.54, 1.807) is 24.3 Å². The third-order valence-electron chi connectivity index (χ3n) is 3.24. The van der Waals surface area contributed by atoms with Gasteiger partial charge >= 0.3 is 0 Å². The van der Waals surface area contributed by atoms with Crippen LogP contribution in [0, 0.1) is 11.6 Å². The molecule has 21 heavy (non-hydrogen) atoms. The summed E-state index contributed by atoms with van der Waals surface area (Å²) in [6.45, 7) is 2.69. The molecule has 2 aromatic rings. The number of halogens is 4. The predicted molar refractivity (Wildman–Crippen MR) is 85.6 cm³/mol. The van der Waals surface area contributed by atoms with E-state index in [4.69, 9.17) is 11.6 Å². The molecular formula is C16H15BrClF2N. The van der Waals surface area contributed by atoms with Crippen molar-refractivity contribution in [2.75, 3.05) is 6.54 Å². The topological polar surface area (TPSA) is 12.0 Å². The van der Waals surface area contributed by atoms with Crippen molar-refractivity contribution in [2.24, 2.45) is 0 Å². The molecule has 0 radical (unpaired) electrons. The molecule has 2 rings (SSSR count). The van der Waals surface area contributed by atoms with E-state index in [-0.39, 0.29) is 16.9 Å². The lowest BCUT2D eigenvalue weighted by Crippen LogP contribution is -2.23. The van der Waals surface area contributed by atoms with Gasteiger partial charge in [0, 0.05) is 10.5 Å². The number of rotatable bonds is 5. The van der Waals surface area contributed by atoms with E-state index in [0.29, 0.717) is 16.5 Å². The third kappa shape index (κ3) is 4.25. The molecule has 0 aliphatic heterocycles. The van der Waals surface area contributed by atoms with Crippen molar-refractivity contribution in [2.45, 2.75) is 19.4 Å². The Morgan fingerprint density at radius 2 is 1.90 bits per heavy atom. The minimum atomic E-state index is -0.453. The van der Waals surface area contributed by atoms with Gasteiger partial charge in [-0.05, 0) is 48.4 Å². The molecule has 1 N–H and O–H groups in total. The molecule has 0 spiro atoms. The van der Waals surface area contributed by atoms with Crippen LogP contribution in [-0.4, -0.2) is 6.54 Å². The Morgan fingerprint density at radius 3 is 2.52 bits per heavy atom. The van der Waals surface area contributed by atoms with Gasteiger partial charge in [-0.2, -0.15) is 0 Å². The summed E-state index contributed by atoms with van der Waals surface area (Å²) < 4.78 is 27.9. The third-order valence-corrected chi connectivity index (χ3v) is 4.02. The molecular weight excluding hydrogens is 360 g/mol. The standard InChI is InChI=1S/C16H15BrClF2N/c1-2-21-16(11-4-6-14(19)13(18)7-11)8-10-3-5-12(17)9-15(10)20/h3-7,9,16,21H,2,8H2,1H3. The number of hydrogen-bond donors (Lipinski definition) is 1. The highest BCUT2D eigenvalue weighted by molar-refractivity contribution is 9.10. The van der Waals surface area contributed by atoms with Gasteiger partial charge in [-0.1, -0.05) is 46.6 Å². The van der Waals surface area contributed by atoms with E-state index in [9.17, 15) is 8.78 Å². The van der Waals surface area contributed by atoms with Crippen LogP contribution in [0.15, 0.2) is 40.9 Å². The summed E-state index contributed by atoms with van der Waals surface area (Å²) in [4.78, 5) is 0. The first-order valence-electron chi connectivity index (χ1n) is 6.63. The van der Waals surface area contributed by atoms with Gasteiger partial charge in [-0.15, -0.1) is 0 Å². The van der Waals surface area contributed by atoms with Crippen molar-refractivity contribution in [3.8, 4) is 0 Å². The van der Waals surface area contributed by atoms with Crippen LogP contribution in [0.25, 0.3) is 0 Å². The first-order chi connectivity index (χ1) is 10.0. The normalized spacial score (nSPS) is 12.4. The molecule has 1 nitrogen and oxygen atoms in total. The second-order valence-electron chi connectivity index (χ2n) is 4.72. The van der Waals surface area contributed by atoms with E-state index in [2.05, 4.69) is 21.2 Å². The van der Waals surface area contributed by atoms with Crippen LogP contribution >= 0.6 is 27.5 Å². The van der Waals surface area contributed by atoms with E-state index in [0.717, 1.165) is 12.1 Å². The van der Waals surface area contributed by atoms with Crippen molar-refractivity contribution < 1.29 is 8.78 Å². The molecule has 0 bridgehead atoms. The Hall–Kier alpha value is -0.970. The largest absolute Gasteiger partial charge is 0.310 e. The van der Waals surface area contributed by atoms with Gasteiger partial charge in [0.2, 0.25) is 0 Å². The van der Waals surface area contributed by atoms with Crippen LogP contribution in [0.5, 0.6) is 0 Å². The maximum Gasteiger partial charge on any atom is 0.141 e. The molecule has 1 atom stereocenters. The molecule has 0 amide bonds. The molecule has 112 valence electrons. The van der Waals surface area contributed by atoms with Crippen LogP contribution in [0.2, 0.25) is 5.02 Å². The van der Waals surface area contributed by atoms with Crippen molar-refractivity contribution in [3.05, 3.63) is 68.7 Å². The SMILES string of the molecule is CCNC(Cc1ccc(Br)cc1F)c1ccc(F)c(Cl)c1. The van der Waals surface area contributed by atoms with E-state index < -0.39 is 5.82 Å². The first kappa shape index (κ1) is 16.4. The lowest BCUT2D eigenvalue weighted by molar-refractivity contribution is 0.526. The summed E-state index contributed by atoms with van der Waals surface area (Å²) in [5.41, 5.74) is 1.44. The second-order valence-corrected chi connectivity index (χ2v) is 6.05. The summed E-state index contributed by atoms with van der Waals surface area (Å²) in [6.07, 6.45) is 0.467. The minimum absolute atomic E-state index is 0.0756. The van der Waals surface area contributed by atoms with Crippen molar-refractivity contribution in [3.63, 3.8) is 0 Å². The van der Waals surface area contributed by atoms with Crippen LogP contribution in [-0.2, 0) is 6.42 Å². The molecule has 0 saturated heterocycles. The van der Waals surface area contributed by atoms with Crippen molar-refractivity contribution in [1.29, 1.82) is 0 Å². The number of likely N-dealkylation sites (N-methyl/N-ethyl adjacent to an activating group) is 1. The zero-order chi connectivity index (χ0) is 15.4. The van der Waals surface area contributed by atoms with E-state index in [1.807, 2.05) is 6.92 Å². The van der Waals surface area contributed by atoms with E-state index >= 15 is 0 Å². The summed E-state index contributed by atoms with van der Waals surface area (Å²) in [5, 5.41) is 3.35. The molecule has 0 fully saturated rings. The average molecular weight is 375 g/mol. The fourth-order valence-electron chi connectivity index (χ4n) is 2.19. The minimum Gasteiger partial charge on any atom is -0.310 e. The van der Waals surface area contributed by atoms with Gasteiger partial charge in [0.1, 0.15) is 11.6 Å². The van der Waals surface area contributed by atoms with Gasteiger partial charge in [-0.3, -0.25) is 0 Å². The summed E-state index contributed by atoms with van der Waals surface area (Å²) in [6, 6.07) is 9.46. The highest BCUT2D eigenvalue weighted by atomic mass is 79.9. The average Bonchev–Trinajstić information content (AvgIpc) is 2.44. The Kier molecular flexibility index (Phi) is 5.73. The Bertz CT molecular complexity index is 634. The zero-order valence-corrected chi connectivity index (χ0v) is 13.8. The Labute approximate surface area is 136 Å². The maximum absolute atomic E-state index is 14.0. The fraction of sp³-hybridized carbons (Fsp3) is 0.250. The lowest BCUT2D eigenvalue weighted by atomic mass is 9.98. The molecule has 0 aliphatic carbocycles. The smallest absolute Gasteiger partial charge is 0.141 e. The van der Waals surface area contributed by atoms with Crippen LogP contribution in [0.4, 0.5) is 8.78 Å². The van der Waals surface area contributed by atoms with Crippen molar-refractivity contribution in [1.82, 2.24) is 5.32 Å². The molecule has 0 saturated carbocycles. The molecule has 1 unspecified atom stereocenters. The van der Waals surface area contributed by atoms with E-state index in [1.165, 1.54) is 12.1 Å². The summed E-state index contributed by atoms with van der Waals surface area (Å²) in [5.74, 6) is -0.717. The van der Waals surface area contributed by atoms with Gasteiger partial charge in [0.05, 0.1) is 5.02 Å². The molecule has 0 heterocycles. The van der Waals surface area contributed by atoms with Gasteiger partial charge in [-0.25, -0.2) is 8.78 Å². The van der Waals surface area contributed by atoms with Crippen LogP contribution < -0.4 is 5.32 Å². The Balaban J connectivity index is 2.28. The Morgan fingerprint density at radius 1 is 1.14 bits per heavy atom. The van der Waals surface area contributed by atoms with Crippen molar-refractivity contribution >= 4 is 27.5 Å². The summed E-state index contributed by atoms with van der Waals surface area (Å²) >= 11 is 9.07. The number of hydrogen-bond acceptors (Lipinski definition) is 1. The quantitative estimate of drug-likeness (QED) is 0.751. The number of benzene rings is 2. The highest BCUT2D eigenvalue weighted by Gasteiger charge is 2.15. The van der Waals surface area contributed by atoms with Gasteiger partial charge in [0.25, 0.3) is 0 Å². The molecule has 0 aromatic heterocycles.